The fourth-order valence-electron chi connectivity index (χ4n) is 1.43. The van der Waals surface area contributed by atoms with Gasteiger partial charge in [0.1, 0.15) is 0 Å². The minimum atomic E-state index is -3.72. The molecule has 0 spiro atoms. The van der Waals surface area contributed by atoms with E-state index in [1.807, 2.05) is 0 Å². The van der Waals surface area contributed by atoms with E-state index in [2.05, 4.69) is 0 Å². The fraction of sp³-hybridized carbons (Fsp3) is 0.455. The number of halogens is 2. The molecule has 0 aliphatic heterocycles. The molecule has 1 rings (SSSR count). The molecule has 2 N–H and O–H groups in total. The predicted octanol–water partition coefficient (Wildman–Crippen LogP) is 1.86. The van der Waals surface area contributed by atoms with E-state index < -0.39 is 32.8 Å². The molecule has 2 atom stereocenters. The van der Waals surface area contributed by atoms with E-state index in [0.29, 0.717) is 12.5 Å². The van der Waals surface area contributed by atoms with Crippen LogP contribution in [0.5, 0.6) is 0 Å². The number of benzene rings is 1. The number of rotatable bonds is 4. The summed E-state index contributed by atoms with van der Waals surface area (Å²) in [7, 11) is -3.72. The van der Waals surface area contributed by atoms with E-state index in [1.54, 1.807) is 6.92 Å². The number of hydrogen-bond donors (Lipinski definition) is 1. The van der Waals surface area contributed by atoms with Gasteiger partial charge in [0, 0.05) is 6.04 Å². The van der Waals surface area contributed by atoms with Crippen LogP contribution in [0.2, 0.25) is 0 Å². The van der Waals surface area contributed by atoms with Crippen LogP contribution in [0, 0.1) is 11.6 Å². The van der Waals surface area contributed by atoms with Gasteiger partial charge in [-0.15, -0.1) is 0 Å². The second-order valence-corrected chi connectivity index (χ2v) is 6.20. The van der Waals surface area contributed by atoms with E-state index in [9.17, 15) is 17.2 Å². The van der Waals surface area contributed by atoms with Gasteiger partial charge in [0.15, 0.2) is 21.5 Å². The van der Waals surface area contributed by atoms with Gasteiger partial charge in [-0.2, -0.15) is 0 Å². The van der Waals surface area contributed by atoms with Gasteiger partial charge in [-0.25, -0.2) is 17.2 Å². The third kappa shape index (κ3) is 2.81. The Kier molecular flexibility index (Phi) is 4.21. The zero-order valence-corrected chi connectivity index (χ0v) is 10.5. The third-order valence-corrected chi connectivity index (χ3v) is 5.02. The second-order valence-electron chi connectivity index (χ2n) is 3.90. The highest BCUT2D eigenvalue weighted by atomic mass is 32.2. The minimum Gasteiger partial charge on any atom is -0.327 e. The van der Waals surface area contributed by atoms with Crippen molar-refractivity contribution in [2.24, 2.45) is 5.73 Å². The standard InChI is InChI=1S/C11H15F2NO2S/c1-3-11(14)7(2)17(15,16)8-4-5-9(12)10(13)6-8/h4-7,11H,3,14H2,1-2H3. The van der Waals surface area contributed by atoms with Crippen molar-refractivity contribution in [2.75, 3.05) is 0 Å². The molecule has 0 aliphatic carbocycles. The topological polar surface area (TPSA) is 60.2 Å². The maximum absolute atomic E-state index is 13.0. The van der Waals surface area contributed by atoms with Crippen molar-refractivity contribution in [1.29, 1.82) is 0 Å². The Hall–Kier alpha value is -1.01. The fourth-order valence-corrected chi connectivity index (χ4v) is 3.04. The highest BCUT2D eigenvalue weighted by Gasteiger charge is 2.28. The monoisotopic (exact) mass is 263 g/mol. The largest absolute Gasteiger partial charge is 0.327 e. The summed E-state index contributed by atoms with van der Waals surface area (Å²) in [5, 5.41) is -0.836. The van der Waals surface area contributed by atoms with Crippen molar-refractivity contribution in [3.8, 4) is 0 Å². The molecule has 96 valence electrons. The van der Waals surface area contributed by atoms with Crippen LogP contribution < -0.4 is 5.73 Å². The quantitative estimate of drug-likeness (QED) is 0.843. The summed E-state index contributed by atoms with van der Waals surface area (Å²) in [5.41, 5.74) is 5.66. The highest BCUT2D eigenvalue weighted by Crippen LogP contribution is 2.20. The van der Waals surface area contributed by atoms with E-state index in [1.165, 1.54) is 6.92 Å². The lowest BCUT2D eigenvalue weighted by Gasteiger charge is -2.18. The lowest BCUT2D eigenvalue weighted by Crippen LogP contribution is -2.37. The first-order valence-electron chi connectivity index (χ1n) is 5.25. The first-order chi connectivity index (χ1) is 7.80. The Morgan fingerprint density at radius 3 is 2.35 bits per heavy atom. The second kappa shape index (κ2) is 5.10. The Morgan fingerprint density at radius 2 is 1.88 bits per heavy atom. The van der Waals surface area contributed by atoms with Gasteiger partial charge < -0.3 is 5.73 Å². The van der Waals surface area contributed by atoms with Gasteiger partial charge >= 0.3 is 0 Å². The van der Waals surface area contributed by atoms with E-state index in [-0.39, 0.29) is 4.90 Å². The smallest absolute Gasteiger partial charge is 0.182 e. The number of nitrogens with two attached hydrogens (primary N) is 1. The Balaban J connectivity index is 3.17. The molecule has 0 bridgehead atoms. The maximum atomic E-state index is 13.0. The predicted molar refractivity (Wildman–Crippen MR) is 61.3 cm³/mol. The van der Waals surface area contributed by atoms with Crippen molar-refractivity contribution >= 4 is 9.84 Å². The molecule has 0 heterocycles. The molecule has 3 nitrogen and oxygen atoms in total. The lowest BCUT2D eigenvalue weighted by atomic mass is 10.2. The average molecular weight is 263 g/mol. The van der Waals surface area contributed by atoms with Crippen molar-refractivity contribution in [3.05, 3.63) is 29.8 Å². The van der Waals surface area contributed by atoms with Crippen LogP contribution in [0.3, 0.4) is 0 Å². The summed E-state index contributed by atoms with van der Waals surface area (Å²) in [6.07, 6.45) is 0.490. The summed E-state index contributed by atoms with van der Waals surface area (Å²) < 4.78 is 49.8. The minimum absolute atomic E-state index is 0.243. The van der Waals surface area contributed by atoms with E-state index >= 15 is 0 Å². The van der Waals surface area contributed by atoms with Crippen molar-refractivity contribution < 1.29 is 17.2 Å². The molecule has 17 heavy (non-hydrogen) atoms. The highest BCUT2D eigenvalue weighted by molar-refractivity contribution is 7.92. The van der Waals surface area contributed by atoms with E-state index in [0.717, 1.165) is 12.1 Å². The number of sulfone groups is 1. The molecule has 0 fully saturated rings. The van der Waals surface area contributed by atoms with E-state index in [4.69, 9.17) is 5.73 Å². The summed E-state index contributed by atoms with van der Waals surface area (Å²) in [5.74, 6) is -2.25. The molecule has 0 radical (unpaired) electrons. The molecule has 0 aliphatic rings. The molecule has 1 aromatic rings. The van der Waals surface area contributed by atoms with Gasteiger partial charge in [0.05, 0.1) is 10.1 Å². The van der Waals surface area contributed by atoms with Crippen LogP contribution in [-0.4, -0.2) is 19.7 Å². The Bertz CT molecular complexity index is 502. The molecule has 6 heteroatoms. The van der Waals surface area contributed by atoms with Crippen molar-refractivity contribution in [1.82, 2.24) is 0 Å². The molecule has 1 aromatic carbocycles. The van der Waals surface area contributed by atoms with Crippen LogP contribution in [0.25, 0.3) is 0 Å². The normalized spacial score (nSPS) is 15.6. The van der Waals surface area contributed by atoms with Gasteiger partial charge in [-0.3, -0.25) is 0 Å². The van der Waals surface area contributed by atoms with Crippen molar-refractivity contribution in [3.63, 3.8) is 0 Å². The van der Waals surface area contributed by atoms with Crippen LogP contribution in [-0.2, 0) is 9.84 Å². The SMILES string of the molecule is CCC(N)C(C)S(=O)(=O)c1ccc(F)c(F)c1. The molecule has 0 saturated carbocycles. The summed E-state index contributed by atoms with van der Waals surface area (Å²) in [4.78, 5) is -0.243. The molecular weight excluding hydrogens is 248 g/mol. The molecule has 0 aromatic heterocycles. The first-order valence-corrected chi connectivity index (χ1v) is 6.79. The third-order valence-electron chi connectivity index (χ3n) is 2.78. The van der Waals surface area contributed by atoms with Gasteiger partial charge in [-0.05, 0) is 31.5 Å². The van der Waals surface area contributed by atoms with Gasteiger partial charge in [0.25, 0.3) is 0 Å². The molecule has 2 unspecified atom stereocenters. The molecule has 0 amide bonds. The zero-order chi connectivity index (χ0) is 13.2. The maximum Gasteiger partial charge on any atom is 0.182 e. The summed E-state index contributed by atoms with van der Waals surface area (Å²) in [6, 6.07) is 2.00. The summed E-state index contributed by atoms with van der Waals surface area (Å²) >= 11 is 0. The Morgan fingerprint density at radius 1 is 1.29 bits per heavy atom. The van der Waals surface area contributed by atoms with Gasteiger partial charge in [0.2, 0.25) is 0 Å². The summed E-state index contributed by atoms with van der Waals surface area (Å²) in [6.45, 7) is 3.23. The molecular formula is C11H15F2NO2S. The van der Waals surface area contributed by atoms with Crippen LogP contribution >= 0.6 is 0 Å². The first kappa shape index (κ1) is 14.1. The Labute approximate surface area is 99.6 Å². The van der Waals surface area contributed by atoms with Crippen molar-refractivity contribution in [2.45, 2.75) is 36.5 Å². The zero-order valence-electron chi connectivity index (χ0n) is 9.65. The van der Waals surface area contributed by atoms with Crippen LogP contribution in [0.4, 0.5) is 8.78 Å². The lowest BCUT2D eigenvalue weighted by molar-refractivity contribution is 0.503. The van der Waals surface area contributed by atoms with Crippen LogP contribution in [0.15, 0.2) is 23.1 Å². The van der Waals surface area contributed by atoms with Crippen LogP contribution in [0.1, 0.15) is 20.3 Å². The molecule has 0 saturated heterocycles. The number of hydrogen-bond acceptors (Lipinski definition) is 3. The van der Waals surface area contributed by atoms with Gasteiger partial charge in [-0.1, -0.05) is 6.92 Å². The average Bonchev–Trinajstić information content (AvgIpc) is 2.30.